The fourth-order valence-electron chi connectivity index (χ4n) is 0.737. The predicted molar refractivity (Wildman–Crippen MR) is 55.0 cm³/mol. The summed E-state index contributed by atoms with van der Waals surface area (Å²) >= 11 is 5.32. The van der Waals surface area contributed by atoms with Gasteiger partial charge < -0.3 is 4.74 Å². The average Bonchev–Trinajstić information content (AvgIpc) is 1.96. The number of hydrogen-bond acceptors (Lipinski definition) is 3. The summed E-state index contributed by atoms with van der Waals surface area (Å²) < 4.78 is 5.02. The average molecular weight is 221 g/mol. The van der Waals surface area contributed by atoms with E-state index in [1.54, 1.807) is 34.6 Å². The number of hydrogen-bond donors (Lipinski definition) is 0. The summed E-state index contributed by atoms with van der Waals surface area (Å²) in [5, 5.41) is -0.627. The molecule has 4 heteroatoms. The third kappa shape index (κ3) is 4.09. The van der Waals surface area contributed by atoms with Gasteiger partial charge in [0.1, 0.15) is 0 Å². The Labute approximate surface area is 89.8 Å². The quantitative estimate of drug-likeness (QED) is 0.542. The SMILES string of the molecule is CC(C)[C@H](OC(=O)C(C)(C)C)C(=O)Cl. The van der Waals surface area contributed by atoms with Crippen LogP contribution in [0.3, 0.4) is 0 Å². The maximum atomic E-state index is 11.5. The van der Waals surface area contributed by atoms with Crippen LogP contribution in [0, 0.1) is 11.3 Å². The number of halogens is 1. The smallest absolute Gasteiger partial charge is 0.311 e. The van der Waals surface area contributed by atoms with Crippen LogP contribution in [0.15, 0.2) is 0 Å². The molecule has 0 aromatic rings. The van der Waals surface area contributed by atoms with E-state index < -0.39 is 22.7 Å². The van der Waals surface area contributed by atoms with Crippen LogP contribution in [0.25, 0.3) is 0 Å². The highest BCUT2D eigenvalue weighted by Crippen LogP contribution is 2.19. The zero-order chi connectivity index (χ0) is 11.5. The highest BCUT2D eigenvalue weighted by atomic mass is 35.5. The van der Waals surface area contributed by atoms with Crippen molar-refractivity contribution in [1.29, 1.82) is 0 Å². The number of carbonyl (C=O) groups excluding carboxylic acids is 2. The maximum absolute atomic E-state index is 11.5. The molecule has 0 unspecified atom stereocenters. The van der Waals surface area contributed by atoms with E-state index in [1.165, 1.54) is 0 Å². The maximum Gasteiger partial charge on any atom is 0.311 e. The lowest BCUT2D eigenvalue weighted by molar-refractivity contribution is -0.163. The zero-order valence-electron chi connectivity index (χ0n) is 9.26. The van der Waals surface area contributed by atoms with Crippen molar-refractivity contribution in [2.24, 2.45) is 11.3 Å². The second-order valence-electron chi connectivity index (χ2n) is 4.62. The van der Waals surface area contributed by atoms with Gasteiger partial charge in [0, 0.05) is 0 Å². The van der Waals surface area contributed by atoms with Crippen molar-refractivity contribution in [2.75, 3.05) is 0 Å². The van der Waals surface area contributed by atoms with Crippen LogP contribution in [-0.2, 0) is 14.3 Å². The molecular formula is C10H17ClO3. The summed E-state index contributed by atoms with van der Waals surface area (Å²) in [4.78, 5) is 22.4. The molecule has 0 aliphatic heterocycles. The lowest BCUT2D eigenvalue weighted by Gasteiger charge is -2.23. The summed E-state index contributed by atoms with van der Waals surface area (Å²) in [6.07, 6.45) is -0.844. The first kappa shape index (κ1) is 13.4. The van der Waals surface area contributed by atoms with Gasteiger partial charge in [-0.15, -0.1) is 0 Å². The normalized spacial score (nSPS) is 13.9. The first-order chi connectivity index (χ1) is 6.16. The molecule has 0 aromatic carbocycles. The molecule has 0 rings (SSSR count). The number of esters is 1. The lowest BCUT2D eigenvalue weighted by atomic mass is 9.97. The molecule has 0 saturated heterocycles. The van der Waals surface area contributed by atoms with Gasteiger partial charge >= 0.3 is 5.97 Å². The van der Waals surface area contributed by atoms with Crippen molar-refractivity contribution >= 4 is 22.8 Å². The molecule has 1 atom stereocenters. The fraction of sp³-hybridized carbons (Fsp3) is 0.800. The summed E-state index contributed by atoms with van der Waals surface area (Å²) in [6.45, 7) is 8.74. The van der Waals surface area contributed by atoms with Gasteiger partial charge in [0.15, 0.2) is 6.10 Å². The summed E-state index contributed by atoms with van der Waals surface area (Å²) in [5.41, 5.74) is -0.612. The molecule has 0 fully saturated rings. The minimum Gasteiger partial charge on any atom is -0.452 e. The van der Waals surface area contributed by atoms with Crippen molar-refractivity contribution in [2.45, 2.75) is 40.7 Å². The van der Waals surface area contributed by atoms with Crippen molar-refractivity contribution in [3.63, 3.8) is 0 Å². The number of ether oxygens (including phenoxy) is 1. The molecule has 0 heterocycles. The van der Waals surface area contributed by atoms with Gasteiger partial charge in [-0.1, -0.05) is 13.8 Å². The minimum absolute atomic E-state index is 0.105. The van der Waals surface area contributed by atoms with Crippen LogP contribution in [-0.4, -0.2) is 17.3 Å². The van der Waals surface area contributed by atoms with Crippen LogP contribution < -0.4 is 0 Å². The fourth-order valence-corrected chi connectivity index (χ4v) is 1.03. The van der Waals surface area contributed by atoms with E-state index in [0.717, 1.165) is 0 Å². The van der Waals surface area contributed by atoms with E-state index in [9.17, 15) is 9.59 Å². The Morgan fingerprint density at radius 3 is 1.86 bits per heavy atom. The van der Waals surface area contributed by atoms with E-state index in [0.29, 0.717) is 0 Å². The summed E-state index contributed by atoms with van der Waals surface area (Å²) in [5.74, 6) is -0.517. The molecule has 0 bridgehead atoms. The standard InChI is InChI=1S/C10H17ClO3/c1-6(2)7(8(11)12)14-9(13)10(3,4)5/h6-7H,1-5H3/t7-/m0/s1. The van der Waals surface area contributed by atoms with Crippen LogP contribution in [0.2, 0.25) is 0 Å². The molecule has 14 heavy (non-hydrogen) atoms. The third-order valence-corrected chi connectivity index (χ3v) is 1.89. The molecule has 0 aliphatic rings. The molecule has 0 saturated carbocycles. The first-order valence-corrected chi connectivity index (χ1v) is 4.94. The van der Waals surface area contributed by atoms with E-state index in [-0.39, 0.29) is 5.92 Å². The molecule has 0 spiro atoms. The molecule has 82 valence electrons. The van der Waals surface area contributed by atoms with Crippen LogP contribution in [0.5, 0.6) is 0 Å². The van der Waals surface area contributed by atoms with E-state index in [4.69, 9.17) is 16.3 Å². The topological polar surface area (TPSA) is 43.4 Å². The van der Waals surface area contributed by atoms with Crippen LogP contribution in [0.1, 0.15) is 34.6 Å². The van der Waals surface area contributed by atoms with Gasteiger partial charge in [-0.3, -0.25) is 9.59 Å². The predicted octanol–water partition coefficient (Wildman–Crippen LogP) is 2.37. The van der Waals surface area contributed by atoms with Gasteiger partial charge in [-0.25, -0.2) is 0 Å². The molecule has 0 amide bonds. The third-order valence-electron chi connectivity index (χ3n) is 1.68. The molecular weight excluding hydrogens is 204 g/mol. The Kier molecular flexibility index (Phi) is 4.59. The van der Waals surface area contributed by atoms with Crippen molar-refractivity contribution in [3.8, 4) is 0 Å². The highest BCUT2D eigenvalue weighted by molar-refractivity contribution is 6.64. The minimum atomic E-state index is -0.844. The van der Waals surface area contributed by atoms with E-state index in [2.05, 4.69) is 0 Å². The van der Waals surface area contributed by atoms with Crippen molar-refractivity contribution < 1.29 is 14.3 Å². The first-order valence-electron chi connectivity index (χ1n) is 4.56. The summed E-state index contributed by atoms with van der Waals surface area (Å²) in [7, 11) is 0. The van der Waals surface area contributed by atoms with Gasteiger partial charge in [0.2, 0.25) is 0 Å². The van der Waals surface area contributed by atoms with Gasteiger partial charge in [0.05, 0.1) is 5.41 Å². The second kappa shape index (κ2) is 4.78. The summed E-state index contributed by atoms with van der Waals surface area (Å²) in [6, 6.07) is 0. The second-order valence-corrected chi connectivity index (χ2v) is 5.00. The van der Waals surface area contributed by atoms with Gasteiger partial charge in [-0.2, -0.15) is 0 Å². The van der Waals surface area contributed by atoms with E-state index >= 15 is 0 Å². The van der Waals surface area contributed by atoms with E-state index in [1.807, 2.05) is 0 Å². The Morgan fingerprint density at radius 2 is 1.64 bits per heavy atom. The van der Waals surface area contributed by atoms with Crippen LogP contribution >= 0.6 is 11.6 Å². The van der Waals surface area contributed by atoms with Gasteiger partial charge in [-0.05, 0) is 38.3 Å². The Bertz CT molecular complexity index is 228. The molecule has 0 N–H and O–H groups in total. The lowest BCUT2D eigenvalue weighted by Crippen LogP contribution is -2.34. The Morgan fingerprint density at radius 1 is 1.21 bits per heavy atom. The number of rotatable bonds is 3. The molecule has 0 aliphatic carbocycles. The highest BCUT2D eigenvalue weighted by Gasteiger charge is 2.30. The Hall–Kier alpha value is -0.570. The zero-order valence-corrected chi connectivity index (χ0v) is 10.0. The van der Waals surface area contributed by atoms with Gasteiger partial charge in [0.25, 0.3) is 5.24 Å². The molecule has 0 radical (unpaired) electrons. The van der Waals surface area contributed by atoms with Crippen LogP contribution in [0.4, 0.5) is 0 Å². The van der Waals surface area contributed by atoms with Crippen molar-refractivity contribution in [3.05, 3.63) is 0 Å². The number of carbonyl (C=O) groups is 2. The largest absolute Gasteiger partial charge is 0.452 e. The Balaban J connectivity index is 4.48. The molecule has 0 aromatic heterocycles. The van der Waals surface area contributed by atoms with Crippen molar-refractivity contribution in [1.82, 2.24) is 0 Å². The molecule has 3 nitrogen and oxygen atoms in total. The monoisotopic (exact) mass is 220 g/mol.